The maximum atomic E-state index is 12.4. The molecule has 3 rings (SSSR count). The lowest BCUT2D eigenvalue weighted by Gasteiger charge is -2.36. The second kappa shape index (κ2) is 8.28. The van der Waals surface area contributed by atoms with Crippen LogP contribution in [0.15, 0.2) is 33.7 Å². The minimum atomic E-state index is -3.60. The molecule has 0 unspecified atom stereocenters. The smallest absolute Gasteiger partial charge is 0.246 e. The SMILES string of the molecule is COc1ccccc1N1CCN(CCNS(=O)(=O)c2c(C)noc2C)CC1. The van der Waals surface area contributed by atoms with E-state index in [4.69, 9.17) is 9.26 Å². The van der Waals surface area contributed by atoms with E-state index in [1.165, 1.54) is 0 Å². The van der Waals surface area contributed by atoms with Crippen molar-refractivity contribution < 1.29 is 17.7 Å². The maximum Gasteiger partial charge on any atom is 0.246 e. The van der Waals surface area contributed by atoms with E-state index in [9.17, 15) is 8.42 Å². The van der Waals surface area contributed by atoms with Crippen LogP contribution < -0.4 is 14.4 Å². The van der Waals surface area contributed by atoms with Crippen molar-refractivity contribution in [2.75, 3.05) is 51.3 Å². The van der Waals surface area contributed by atoms with Crippen LogP contribution in [0, 0.1) is 13.8 Å². The Bertz CT molecular complexity index is 854. The lowest BCUT2D eigenvalue weighted by atomic mass is 10.2. The molecule has 2 heterocycles. The number of rotatable bonds is 7. The maximum absolute atomic E-state index is 12.4. The van der Waals surface area contributed by atoms with Crippen molar-refractivity contribution in [1.29, 1.82) is 0 Å². The van der Waals surface area contributed by atoms with Crippen molar-refractivity contribution in [1.82, 2.24) is 14.8 Å². The molecule has 1 fully saturated rings. The summed E-state index contributed by atoms with van der Waals surface area (Å²) in [6, 6.07) is 7.99. The van der Waals surface area contributed by atoms with E-state index < -0.39 is 10.0 Å². The number of benzene rings is 1. The van der Waals surface area contributed by atoms with Gasteiger partial charge in [-0.1, -0.05) is 17.3 Å². The van der Waals surface area contributed by atoms with Gasteiger partial charge >= 0.3 is 0 Å². The number of hydrogen-bond acceptors (Lipinski definition) is 7. The van der Waals surface area contributed by atoms with E-state index in [2.05, 4.69) is 25.7 Å². The monoisotopic (exact) mass is 394 g/mol. The molecule has 0 atom stereocenters. The Labute approximate surface area is 160 Å². The van der Waals surface area contributed by atoms with E-state index in [0.29, 0.717) is 24.5 Å². The second-order valence-corrected chi connectivity index (χ2v) is 8.26. The third-order valence-corrected chi connectivity index (χ3v) is 6.46. The summed E-state index contributed by atoms with van der Waals surface area (Å²) in [7, 11) is -1.92. The van der Waals surface area contributed by atoms with Gasteiger partial charge in [-0.2, -0.15) is 0 Å². The molecule has 0 spiro atoms. The zero-order chi connectivity index (χ0) is 19.4. The highest BCUT2D eigenvalue weighted by Gasteiger charge is 2.24. The molecular weight excluding hydrogens is 368 g/mol. The van der Waals surface area contributed by atoms with Gasteiger partial charge in [-0.3, -0.25) is 4.90 Å². The molecule has 0 radical (unpaired) electrons. The Balaban J connectivity index is 1.50. The summed E-state index contributed by atoms with van der Waals surface area (Å²) >= 11 is 0. The van der Waals surface area contributed by atoms with Gasteiger partial charge in [0.25, 0.3) is 0 Å². The fourth-order valence-electron chi connectivity index (χ4n) is 3.37. The fourth-order valence-corrected chi connectivity index (χ4v) is 4.72. The molecule has 1 aromatic heterocycles. The topological polar surface area (TPSA) is 87.9 Å². The second-order valence-electron chi connectivity index (χ2n) is 6.55. The Morgan fingerprint density at radius 3 is 2.52 bits per heavy atom. The van der Waals surface area contributed by atoms with Crippen molar-refractivity contribution in [2.24, 2.45) is 0 Å². The number of sulfonamides is 1. The van der Waals surface area contributed by atoms with Gasteiger partial charge in [0.15, 0.2) is 5.76 Å². The zero-order valence-electron chi connectivity index (χ0n) is 15.9. The molecular formula is C18H26N4O4S. The van der Waals surface area contributed by atoms with Gasteiger partial charge in [-0.25, -0.2) is 13.1 Å². The molecule has 0 bridgehead atoms. The van der Waals surface area contributed by atoms with Crippen LogP contribution in [0.3, 0.4) is 0 Å². The Morgan fingerprint density at radius 1 is 1.19 bits per heavy atom. The minimum absolute atomic E-state index is 0.142. The number of anilines is 1. The summed E-state index contributed by atoms with van der Waals surface area (Å²) in [6.45, 7) is 7.71. The molecule has 2 aromatic rings. The van der Waals surface area contributed by atoms with Crippen molar-refractivity contribution in [3.8, 4) is 5.75 Å². The lowest BCUT2D eigenvalue weighted by molar-refractivity contribution is 0.261. The summed E-state index contributed by atoms with van der Waals surface area (Å²) < 4.78 is 37.9. The molecule has 1 aliphatic heterocycles. The van der Waals surface area contributed by atoms with Crippen LogP contribution in [-0.2, 0) is 10.0 Å². The number of hydrogen-bond donors (Lipinski definition) is 1. The predicted molar refractivity (Wildman–Crippen MR) is 103 cm³/mol. The van der Waals surface area contributed by atoms with Gasteiger partial charge in [-0.05, 0) is 26.0 Å². The van der Waals surface area contributed by atoms with Gasteiger partial charge in [0.1, 0.15) is 16.3 Å². The predicted octanol–water partition coefficient (Wildman–Crippen LogP) is 1.40. The first-order chi connectivity index (χ1) is 12.9. The number of para-hydroxylation sites is 2. The Morgan fingerprint density at radius 2 is 1.89 bits per heavy atom. The van der Waals surface area contributed by atoms with Gasteiger partial charge in [0.2, 0.25) is 10.0 Å². The van der Waals surface area contributed by atoms with Crippen LogP contribution in [0.2, 0.25) is 0 Å². The zero-order valence-corrected chi connectivity index (χ0v) is 16.8. The molecule has 27 heavy (non-hydrogen) atoms. The molecule has 1 aliphatic rings. The number of piperazine rings is 1. The number of methoxy groups -OCH3 is 1. The normalized spacial score (nSPS) is 15.9. The third-order valence-electron chi connectivity index (χ3n) is 4.75. The molecule has 1 N–H and O–H groups in total. The van der Waals surface area contributed by atoms with Gasteiger partial charge in [0, 0.05) is 39.3 Å². The van der Waals surface area contributed by atoms with Crippen LogP contribution in [0.25, 0.3) is 0 Å². The van der Waals surface area contributed by atoms with Crippen molar-refractivity contribution in [3.05, 3.63) is 35.7 Å². The van der Waals surface area contributed by atoms with Gasteiger partial charge in [-0.15, -0.1) is 0 Å². The molecule has 9 heteroatoms. The highest BCUT2D eigenvalue weighted by molar-refractivity contribution is 7.89. The van der Waals surface area contributed by atoms with E-state index in [1.807, 2.05) is 18.2 Å². The first kappa shape index (κ1) is 19.7. The van der Waals surface area contributed by atoms with Gasteiger partial charge in [0.05, 0.1) is 12.8 Å². The average molecular weight is 394 g/mol. The first-order valence-corrected chi connectivity index (χ1v) is 10.4. The Hall–Kier alpha value is -2.10. The summed E-state index contributed by atoms with van der Waals surface area (Å²) in [5.74, 6) is 1.18. The number of aromatic nitrogens is 1. The Kier molecular flexibility index (Phi) is 6.03. The molecule has 1 aromatic carbocycles. The first-order valence-electron chi connectivity index (χ1n) is 8.95. The fraction of sp³-hybridized carbons (Fsp3) is 0.500. The van der Waals surface area contributed by atoms with Crippen LogP contribution in [0.4, 0.5) is 5.69 Å². The summed E-state index contributed by atoms with van der Waals surface area (Å²) in [6.07, 6.45) is 0. The number of nitrogens with zero attached hydrogens (tertiary/aromatic N) is 3. The lowest BCUT2D eigenvalue weighted by Crippen LogP contribution is -2.48. The van der Waals surface area contributed by atoms with Crippen molar-refractivity contribution in [2.45, 2.75) is 18.7 Å². The van der Waals surface area contributed by atoms with E-state index in [0.717, 1.165) is 37.6 Å². The minimum Gasteiger partial charge on any atom is -0.495 e. The van der Waals surface area contributed by atoms with Crippen LogP contribution in [0.5, 0.6) is 5.75 Å². The van der Waals surface area contributed by atoms with E-state index in [1.54, 1.807) is 21.0 Å². The quantitative estimate of drug-likeness (QED) is 0.759. The number of nitrogens with one attached hydrogen (secondary N) is 1. The standard InChI is InChI=1S/C18H26N4O4S/c1-14-18(15(2)26-20-14)27(23,24)19-8-9-21-10-12-22(13-11-21)16-6-4-5-7-17(16)25-3/h4-7,19H,8-13H2,1-3H3. The van der Waals surface area contributed by atoms with Crippen LogP contribution >= 0.6 is 0 Å². The molecule has 1 saturated heterocycles. The van der Waals surface area contributed by atoms with E-state index in [-0.39, 0.29) is 4.90 Å². The summed E-state index contributed by atoms with van der Waals surface area (Å²) in [4.78, 5) is 4.69. The summed E-state index contributed by atoms with van der Waals surface area (Å²) in [5.41, 5.74) is 1.48. The van der Waals surface area contributed by atoms with Crippen LogP contribution in [0.1, 0.15) is 11.5 Å². The largest absolute Gasteiger partial charge is 0.495 e. The van der Waals surface area contributed by atoms with Gasteiger partial charge < -0.3 is 14.2 Å². The molecule has 8 nitrogen and oxygen atoms in total. The molecule has 0 aliphatic carbocycles. The molecule has 148 valence electrons. The highest BCUT2D eigenvalue weighted by atomic mass is 32.2. The molecule has 0 saturated carbocycles. The van der Waals surface area contributed by atoms with Crippen molar-refractivity contribution >= 4 is 15.7 Å². The molecule has 0 amide bonds. The average Bonchev–Trinajstić information content (AvgIpc) is 3.01. The van der Waals surface area contributed by atoms with Crippen molar-refractivity contribution in [3.63, 3.8) is 0 Å². The third kappa shape index (κ3) is 4.42. The number of aryl methyl sites for hydroxylation is 2. The highest BCUT2D eigenvalue weighted by Crippen LogP contribution is 2.28. The summed E-state index contributed by atoms with van der Waals surface area (Å²) in [5, 5.41) is 3.71. The van der Waals surface area contributed by atoms with E-state index >= 15 is 0 Å². The van der Waals surface area contributed by atoms with Crippen LogP contribution in [-0.4, -0.2) is 64.9 Å². The number of ether oxygens (including phenoxy) is 1.